The van der Waals surface area contributed by atoms with Crippen LogP contribution in [0.3, 0.4) is 0 Å². The van der Waals surface area contributed by atoms with Gasteiger partial charge in [-0.3, -0.25) is 0 Å². The van der Waals surface area contributed by atoms with E-state index in [1.54, 1.807) is 14.2 Å². The first kappa shape index (κ1) is 14.6. The summed E-state index contributed by atoms with van der Waals surface area (Å²) < 4.78 is 11.5. The van der Waals surface area contributed by atoms with Crippen LogP contribution in [0.1, 0.15) is 11.1 Å². The summed E-state index contributed by atoms with van der Waals surface area (Å²) >= 11 is 0. The van der Waals surface area contributed by atoms with Gasteiger partial charge in [0.05, 0.1) is 0 Å². The van der Waals surface area contributed by atoms with Gasteiger partial charge in [-0.25, -0.2) is 0 Å². The van der Waals surface area contributed by atoms with Gasteiger partial charge in [-0.05, 0) is 19.1 Å². The Morgan fingerprint density at radius 3 is 1.90 bits per heavy atom. The second-order valence-corrected chi connectivity index (χ2v) is 4.75. The van der Waals surface area contributed by atoms with Crippen molar-refractivity contribution in [2.75, 3.05) is 26.2 Å². The normalized spacial score (nSPS) is 11.4. The van der Waals surface area contributed by atoms with Crippen molar-refractivity contribution in [3.63, 3.8) is 0 Å². The van der Waals surface area contributed by atoms with Crippen molar-refractivity contribution in [2.24, 2.45) is 0 Å². The minimum atomic E-state index is -0.935. The molecule has 20 heavy (non-hydrogen) atoms. The van der Waals surface area contributed by atoms with Crippen molar-refractivity contribution in [3.05, 3.63) is 65.7 Å². The predicted molar refractivity (Wildman–Crippen MR) is 81.7 cm³/mol. The Balaban J connectivity index is 2.46. The predicted octanol–water partition coefficient (Wildman–Crippen LogP) is 3.53. The minimum Gasteiger partial charge on any atom is -0.332 e. The van der Waals surface area contributed by atoms with Crippen LogP contribution in [0.4, 0.5) is 5.69 Å². The summed E-state index contributed by atoms with van der Waals surface area (Å²) in [5, 5.41) is 0. The third-order valence-corrected chi connectivity index (χ3v) is 3.55. The highest BCUT2D eigenvalue weighted by Gasteiger charge is 2.37. The molecule has 0 bridgehead atoms. The quantitative estimate of drug-likeness (QED) is 0.776. The van der Waals surface area contributed by atoms with Gasteiger partial charge in [0.25, 0.3) is 5.91 Å². The maximum absolute atomic E-state index is 5.73. The Morgan fingerprint density at radius 2 is 1.40 bits per heavy atom. The van der Waals surface area contributed by atoms with Crippen LogP contribution in [0.25, 0.3) is 0 Å². The van der Waals surface area contributed by atoms with Crippen LogP contribution < -0.4 is 4.90 Å². The zero-order valence-electron chi connectivity index (χ0n) is 12.5. The molecule has 0 atom stereocenters. The Labute approximate surface area is 120 Å². The van der Waals surface area contributed by atoms with E-state index in [0.29, 0.717) is 0 Å². The average Bonchev–Trinajstić information content (AvgIpc) is 2.51. The average molecular weight is 271 g/mol. The topological polar surface area (TPSA) is 21.7 Å². The molecular weight excluding hydrogens is 250 g/mol. The third kappa shape index (κ3) is 2.55. The monoisotopic (exact) mass is 271 g/mol. The van der Waals surface area contributed by atoms with Gasteiger partial charge in [0, 0.05) is 32.5 Å². The molecule has 3 heteroatoms. The number of nitrogens with zero attached hydrogens (tertiary/aromatic N) is 1. The van der Waals surface area contributed by atoms with Gasteiger partial charge in [-0.1, -0.05) is 48.0 Å². The lowest BCUT2D eigenvalue weighted by Crippen LogP contribution is -2.47. The second-order valence-electron chi connectivity index (χ2n) is 4.75. The van der Waals surface area contributed by atoms with Crippen LogP contribution in [-0.2, 0) is 15.4 Å². The zero-order valence-corrected chi connectivity index (χ0v) is 12.5. The molecule has 0 radical (unpaired) electrons. The van der Waals surface area contributed by atoms with Crippen molar-refractivity contribution in [1.82, 2.24) is 0 Å². The number of hydrogen-bond acceptors (Lipinski definition) is 3. The lowest BCUT2D eigenvalue weighted by atomic mass is 10.1. The van der Waals surface area contributed by atoms with E-state index in [2.05, 4.69) is 19.1 Å². The van der Waals surface area contributed by atoms with E-state index in [9.17, 15) is 0 Å². The number of aryl methyl sites for hydroxylation is 1. The molecule has 0 unspecified atom stereocenters. The summed E-state index contributed by atoms with van der Waals surface area (Å²) in [4.78, 5) is 1.98. The van der Waals surface area contributed by atoms with E-state index in [1.165, 1.54) is 5.56 Å². The van der Waals surface area contributed by atoms with Crippen LogP contribution in [0.2, 0.25) is 0 Å². The second kappa shape index (κ2) is 6.07. The number of benzene rings is 2. The molecule has 0 aliphatic rings. The molecule has 3 nitrogen and oxygen atoms in total. The number of methoxy groups -OCH3 is 2. The molecule has 2 aromatic carbocycles. The van der Waals surface area contributed by atoms with Crippen molar-refractivity contribution < 1.29 is 9.47 Å². The molecular formula is C17H21NO2. The van der Waals surface area contributed by atoms with Gasteiger partial charge >= 0.3 is 0 Å². The zero-order chi connectivity index (χ0) is 14.6. The maximum Gasteiger partial charge on any atom is 0.279 e. The molecule has 0 N–H and O–H groups in total. The number of para-hydroxylation sites is 1. The molecule has 2 aromatic rings. The van der Waals surface area contributed by atoms with Crippen LogP contribution in [0, 0.1) is 6.92 Å². The Morgan fingerprint density at radius 1 is 0.850 bits per heavy atom. The van der Waals surface area contributed by atoms with Crippen molar-refractivity contribution in [3.8, 4) is 0 Å². The Bertz CT molecular complexity index is 533. The summed E-state index contributed by atoms with van der Waals surface area (Å²) in [5.74, 6) is -0.935. The van der Waals surface area contributed by atoms with Gasteiger partial charge in [0.1, 0.15) is 0 Å². The van der Waals surface area contributed by atoms with Gasteiger partial charge in [0.2, 0.25) is 0 Å². The molecule has 0 saturated carbocycles. The number of ether oxygens (including phenoxy) is 2. The molecule has 0 amide bonds. The molecule has 0 aliphatic carbocycles. The number of rotatable bonds is 5. The fourth-order valence-electron chi connectivity index (χ4n) is 2.37. The van der Waals surface area contributed by atoms with Gasteiger partial charge in [-0.2, -0.15) is 0 Å². The van der Waals surface area contributed by atoms with E-state index in [4.69, 9.17) is 9.47 Å². The van der Waals surface area contributed by atoms with Crippen LogP contribution in [-0.4, -0.2) is 21.3 Å². The van der Waals surface area contributed by atoms with Gasteiger partial charge in [-0.15, -0.1) is 0 Å². The fourth-order valence-corrected chi connectivity index (χ4v) is 2.37. The van der Waals surface area contributed by atoms with Crippen molar-refractivity contribution >= 4 is 5.69 Å². The highest BCUT2D eigenvalue weighted by Crippen LogP contribution is 2.33. The van der Waals surface area contributed by atoms with Crippen LogP contribution in [0.5, 0.6) is 0 Å². The lowest BCUT2D eigenvalue weighted by molar-refractivity contribution is -0.213. The van der Waals surface area contributed by atoms with Crippen LogP contribution in [0.15, 0.2) is 54.6 Å². The highest BCUT2D eigenvalue weighted by atomic mass is 16.7. The van der Waals surface area contributed by atoms with Gasteiger partial charge in [0.15, 0.2) is 0 Å². The van der Waals surface area contributed by atoms with E-state index in [-0.39, 0.29) is 0 Å². The molecule has 106 valence electrons. The summed E-state index contributed by atoms with van der Waals surface area (Å²) in [5.41, 5.74) is 3.19. The standard InChI is InChI=1S/C17H21NO2/c1-14-10-12-15(13-11-14)17(19-3,20-4)18(2)16-8-6-5-7-9-16/h5-13H,1-4H3. The molecule has 0 aromatic heterocycles. The summed E-state index contributed by atoms with van der Waals surface area (Å²) in [7, 11) is 5.27. The van der Waals surface area contributed by atoms with E-state index >= 15 is 0 Å². The Hall–Kier alpha value is -1.84. The minimum absolute atomic E-state index is 0.935. The van der Waals surface area contributed by atoms with Crippen molar-refractivity contribution in [2.45, 2.75) is 12.8 Å². The molecule has 0 aliphatic heterocycles. The SMILES string of the molecule is COC(OC)(c1ccc(C)cc1)N(C)c1ccccc1. The highest BCUT2D eigenvalue weighted by molar-refractivity contribution is 5.48. The fraction of sp³-hybridized carbons (Fsp3) is 0.294. The number of anilines is 1. The first-order chi connectivity index (χ1) is 9.64. The molecule has 0 saturated heterocycles. The molecule has 2 rings (SSSR count). The van der Waals surface area contributed by atoms with Crippen molar-refractivity contribution in [1.29, 1.82) is 0 Å². The first-order valence-electron chi connectivity index (χ1n) is 6.60. The van der Waals surface area contributed by atoms with E-state index in [1.807, 2.05) is 54.4 Å². The summed E-state index contributed by atoms with van der Waals surface area (Å²) in [6.07, 6.45) is 0. The smallest absolute Gasteiger partial charge is 0.279 e. The largest absolute Gasteiger partial charge is 0.332 e. The lowest BCUT2D eigenvalue weighted by Gasteiger charge is -2.40. The van der Waals surface area contributed by atoms with Gasteiger partial charge < -0.3 is 14.4 Å². The van der Waals surface area contributed by atoms with E-state index in [0.717, 1.165) is 11.3 Å². The molecule has 0 spiro atoms. The Kier molecular flexibility index (Phi) is 4.42. The summed E-state index contributed by atoms with van der Waals surface area (Å²) in [6, 6.07) is 18.2. The van der Waals surface area contributed by atoms with E-state index < -0.39 is 5.91 Å². The number of hydrogen-bond donors (Lipinski definition) is 0. The first-order valence-corrected chi connectivity index (χ1v) is 6.60. The molecule has 0 heterocycles. The third-order valence-electron chi connectivity index (χ3n) is 3.55. The maximum atomic E-state index is 5.73. The summed E-state index contributed by atoms with van der Waals surface area (Å²) in [6.45, 7) is 2.06. The molecule has 0 fully saturated rings. The van der Waals surface area contributed by atoms with Crippen LogP contribution >= 0.6 is 0 Å².